The van der Waals surface area contributed by atoms with Crippen molar-refractivity contribution in [2.75, 3.05) is 19.6 Å². The lowest BCUT2D eigenvalue weighted by atomic mass is 9.98. The summed E-state index contributed by atoms with van der Waals surface area (Å²) in [6, 6.07) is 1.66. The van der Waals surface area contributed by atoms with Gasteiger partial charge in [0.2, 0.25) is 0 Å². The van der Waals surface area contributed by atoms with Crippen LogP contribution in [0.2, 0.25) is 0 Å². The van der Waals surface area contributed by atoms with Crippen molar-refractivity contribution in [1.29, 1.82) is 0 Å². The fourth-order valence-electron chi connectivity index (χ4n) is 2.96. The first-order valence-electron chi connectivity index (χ1n) is 7.95. The Morgan fingerprint density at radius 1 is 1.52 bits per heavy atom. The van der Waals surface area contributed by atoms with Crippen LogP contribution < -0.4 is 5.32 Å². The summed E-state index contributed by atoms with van der Waals surface area (Å²) >= 11 is 1.76. The van der Waals surface area contributed by atoms with Crippen molar-refractivity contribution in [3.05, 3.63) is 33.6 Å². The summed E-state index contributed by atoms with van der Waals surface area (Å²) < 4.78 is 4.94. The molecule has 3 rings (SSSR count). The molecule has 1 N–H and O–H groups in total. The zero-order valence-electron chi connectivity index (χ0n) is 13.5. The minimum Gasteiger partial charge on any atom is -0.361 e. The minimum absolute atomic E-state index is 0.156. The molecule has 124 valence electrons. The molecule has 1 aliphatic heterocycles. The molecule has 1 saturated heterocycles. The number of carbonyl (C=O) groups is 1. The van der Waals surface area contributed by atoms with Gasteiger partial charge in [0.25, 0.3) is 5.91 Å². The Kier molecular flexibility index (Phi) is 5.07. The average Bonchev–Trinajstić information content (AvgIpc) is 3.14. The van der Waals surface area contributed by atoms with Crippen molar-refractivity contribution in [2.45, 2.75) is 33.2 Å². The standard InChI is InChI=1S/C16H22N4O2S/c1-11-6-15(19-22-11)16(21)18-7-13-4-3-5-20(9-13)10-14-8-17-12(2)23-14/h6,8,13H,3-5,7,9-10H2,1-2H3,(H,18,21). The normalized spacial score (nSPS) is 19.0. The predicted molar refractivity (Wildman–Crippen MR) is 88.4 cm³/mol. The highest BCUT2D eigenvalue weighted by Crippen LogP contribution is 2.20. The summed E-state index contributed by atoms with van der Waals surface area (Å²) in [5.41, 5.74) is 0.357. The molecule has 1 atom stereocenters. The third kappa shape index (κ3) is 4.39. The Bertz CT molecular complexity index is 667. The van der Waals surface area contributed by atoms with Crippen molar-refractivity contribution >= 4 is 17.2 Å². The lowest BCUT2D eigenvalue weighted by Crippen LogP contribution is -2.40. The zero-order valence-corrected chi connectivity index (χ0v) is 14.4. The van der Waals surface area contributed by atoms with Crippen LogP contribution in [0.25, 0.3) is 0 Å². The van der Waals surface area contributed by atoms with Crippen LogP contribution in [0.4, 0.5) is 0 Å². The molecule has 1 aliphatic rings. The largest absolute Gasteiger partial charge is 0.361 e. The third-order valence-electron chi connectivity index (χ3n) is 4.06. The summed E-state index contributed by atoms with van der Waals surface area (Å²) in [4.78, 5) is 20.1. The molecular weight excluding hydrogens is 312 g/mol. The Morgan fingerprint density at radius 2 is 2.39 bits per heavy atom. The van der Waals surface area contributed by atoms with Gasteiger partial charge in [-0.05, 0) is 39.2 Å². The molecule has 1 fully saturated rings. The van der Waals surface area contributed by atoms with E-state index in [1.54, 1.807) is 24.3 Å². The summed E-state index contributed by atoms with van der Waals surface area (Å²) in [7, 11) is 0. The van der Waals surface area contributed by atoms with Crippen LogP contribution in [0.5, 0.6) is 0 Å². The van der Waals surface area contributed by atoms with E-state index in [9.17, 15) is 4.79 Å². The molecule has 0 spiro atoms. The van der Waals surface area contributed by atoms with Gasteiger partial charge in [-0.1, -0.05) is 5.16 Å². The molecule has 2 aromatic heterocycles. The molecule has 0 bridgehead atoms. The third-order valence-corrected chi connectivity index (χ3v) is 4.96. The van der Waals surface area contributed by atoms with Gasteiger partial charge < -0.3 is 9.84 Å². The van der Waals surface area contributed by atoms with Gasteiger partial charge in [-0.15, -0.1) is 11.3 Å². The van der Waals surface area contributed by atoms with Gasteiger partial charge in [0.1, 0.15) is 5.76 Å². The first-order chi connectivity index (χ1) is 11.1. The molecule has 1 unspecified atom stereocenters. The van der Waals surface area contributed by atoms with Crippen LogP contribution in [0.3, 0.4) is 0 Å². The predicted octanol–water partition coefficient (Wildman–Crippen LogP) is 2.39. The van der Waals surface area contributed by atoms with Gasteiger partial charge in [0.15, 0.2) is 5.69 Å². The summed E-state index contributed by atoms with van der Waals surface area (Å²) in [5.74, 6) is 0.977. The lowest BCUT2D eigenvalue weighted by molar-refractivity contribution is 0.0922. The highest BCUT2D eigenvalue weighted by Gasteiger charge is 2.21. The first-order valence-corrected chi connectivity index (χ1v) is 8.77. The summed E-state index contributed by atoms with van der Waals surface area (Å²) in [6.45, 7) is 7.58. The number of aromatic nitrogens is 2. The van der Waals surface area contributed by atoms with Gasteiger partial charge >= 0.3 is 0 Å². The van der Waals surface area contributed by atoms with Crippen molar-refractivity contribution in [2.24, 2.45) is 5.92 Å². The van der Waals surface area contributed by atoms with Crippen molar-refractivity contribution in [3.8, 4) is 0 Å². The van der Waals surface area contributed by atoms with E-state index < -0.39 is 0 Å². The van der Waals surface area contributed by atoms with E-state index >= 15 is 0 Å². The SMILES string of the molecule is Cc1cc(C(=O)NCC2CCCN(Cc3cnc(C)s3)C2)no1. The number of piperidine rings is 1. The maximum absolute atomic E-state index is 12.0. The number of aryl methyl sites for hydroxylation is 2. The molecule has 7 heteroatoms. The van der Waals surface area contributed by atoms with Crippen LogP contribution in [0.1, 0.15) is 39.0 Å². The summed E-state index contributed by atoms with van der Waals surface area (Å²) in [5, 5.41) is 7.84. The molecule has 0 aliphatic carbocycles. The molecular formula is C16H22N4O2S. The van der Waals surface area contributed by atoms with Crippen molar-refractivity contribution in [3.63, 3.8) is 0 Å². The quantitative estimate of drug-likeness (QED) is 0.909. The second-order valence-electron chi connectivity index (χ2n) is 6.12. The highest BCUT2D eigenvalue weighted by molar-refractivity contribution is 7.11. The van der Waals surface area contributed by atoms with E-state index in [0.29, 0.717) is 23.9 Å². The Balaban J connectivity index is 1.47. The highest BCUT2D eigenvalue weighted by atomic mass is 32.1. The molecule has 6 nitrogen and oxygen atoms in total. The van der Waals surface area contributed by atoms with Crippen molar-refractivity contribution < 1.29 is 9.32 Å². The maximum Gasteiger partial charge on any atom is 0.273 e. The molecule has 0 radical (unpaired) electrons. The van der Waals surface area contributed by atoms with Crippen molar-refractivity contribution in [1.82, 2.24) is 20.4 Å². The monoisotopic (exact) mass is 334 g/mol. The van der Waals surface area contributed by atoms with Crippen LogP contribution in [0.15, 0.2) is 16.8 Å². The first kappa shape index (κ1) is 16.1. The topological polar surface area (TPSA) is 71.3 Å². The van der Waals surface area contributed by atoms with E-state index in [1.165, 1.54) is 11.3 Å². The number of carbonyl (C=O) groups excluding carboxylic acids is 1. The van der Waals surface area contributed by atoms with Crippen LogP contribution in [-0.2, 0) is 6.54 Å². The number of nitrogens with one attached hydrogen (secondary N) is 1. The second kappa shape index (κ2) is 7.23. The zero-order chi connectivity index (χ0) is 16.2. The van der Waals surface area contributed by atoms with Gasteiger partial charge in [-0.3, -0.25) is 9.69 Å². The number of hydrogen-bond acceptors (Lipinski definition) is 6. The Hall–Kier alpha value is -1.73. The van der Waals surface area contributed by atoms with Gasteiger partial charge in [0, 0.05) is 36.8 Å². The minimum atomic E-state index is -0.156. The number of thiazole rings is 1. The van der Waals surface area contributed by atoms with E-state index in [-0.39, 0.29) is 5.91 Å². The number of amides is 1. The Labute approximate surface area is 139 Å². The summed E-state index contributed by atoms with van der Waals surface area (Å²) in [6.07, 6.45) is 4.29. The van der Waals surface area contributed by atoms with Crippen LogP contribution in [0, 0.1) is 19.8 Å². The number of nitrogens with zero attached hydrogens (tertiary/aromatic N) is 3. The van der Waals surface area contributed by atoms with E-state index in [2.05, 4.69) is 20.4 Å². The molecule has 1 amide bonds. The fourth-order valence-corrected chi connectivity index (χ4v) is 3.80. The van der Waals surface area contributed by atoms with E-state index in [4.69, 9.17) is 4.52 Å². The smallest absolute Gasteiger partial charge is 0.273 e. The molecule has 3 heterocycles. The number of likely N-dealkylation sites (tertiary alicyclic amines) is 1. The Morgan fingerprint density at radius 3 is 3.09 bits per heavy atom. The second-order valence-corrected chi connectivity index (χ2v) is 7.44. The van der Waals surface area contributed by atoms with E-state index in [0.717, 1.165) is 31.1 Å². The maximum atomic E-state index is 12.0. The van der Waals surface area contributed by atoms with Gasteiger partial charge in [-0.2, -0.15) is 0 Å². The van der Waals surface area contributed by atoms with E-state index in [1.807, 2.05) is 13.1 Å². The molecule has 23 heavy (non-hydrogen) atoms. The van der Waals surface area contributed by atoms with Crippen LogP contribution >= 0.6 is 11.3 Å². The molecule has 2 aromatic rings. The molecule has 0 saturated carbocycles. The fraction of sp³-hybridized carbons (Fsp3) is 0.562. The van der Waals surface area contributed by atoms with Gasteiger partial charge in [0.05, 0.1) is 5.01 Å². The molecule has 0 aromatic carbocycles. The van der Waals surface area contributed by atoms with Crippen LogP contribution in [-0.4, -0.2) is 40.6 Å². The number of rotatable bonds is 5. The average molecular weight is 334 g/mol. The number of hydrogen-bond donors (Lipinski definition) is 1. The van der Waals surface area contributed by atoms with Gasteiger partial charge in [-0.25, -0.2) is 4.98 Å². The lowest BCUT2D eigenvalue weighted by Gasteiger charge is -2.32.